The number of hydrogen-bond donors (Lipinski definition) is 3. The molecule has 0 aliphatic rings. The average molecular weight is 187 g/mol. The second-order valence-electron chi connectivity index (χ2n) is 3.69. The third-order valence-corrected chi connectivity index (χ3v) is 1.71. The fourth-order valence-electron chi connectivity index (χ4n) is 0.980. The molecule has 0 spiro atoms. The first-order chi connectivity index (χ1) is 5.97. The van der Waals surface area contributed by atoms with E-state index in [-0.39, 0.29) is 24.0 Å². The average Bonchev–Trinajstić information content (AvgIpc) is 2.02. The lowest BCUT2D eigenvalue weighted by atomic mass is 10.2. The lowest BCUT2D eigenvalue weighted by Gasteiger charge is -2.19. The molecule has 13 heavy (non-hydrogen) atoms. The Hall–Kier alpha value is -0.610. The van der Waals surface area contributed by atoms with Crippen LogP contribution >= 0.6 is 0 Å². The minimum absolute atomic E-state index is 0.0234. The summed E-state index contributed by atoms with van der Waals surface area (Å²) in [6, 6.07) is 0.179. The molecule has 4 N–H and O–H groups in total. The summed E-state index contributed by atoms with van der Waals surface area (Å²) in [4.78, 5) is 11.4. The Morgan fingerprint density at radius 2 is 1.85 bits per heavy atom. The maximum absolute atomic E-state index is 11.4. The summed E-state index contributed by atoms with van der Waals surface area (Å²) in [7, 11) is 0. The Kier molecular flexibility index (Phi) is 5.66. The van der Waals surface area contributed by atoms with E-state index in [2.05, 4.69) is 10.6 Å². The van der Waals surface area contributed by atoms with Gasteiger partial charge in [0, 0.05) is 18.6 Å². The van der Waals surface area contributed by atoms with Crippen molar-refractivity contribution in [3.05, 3.63) is 0 Å². The molecule has 0 aromatic rings. The van der Waals surface area contributed by atoms with Crippen molar-refractivity contribution in [1.82, 2.24) is 10.6 Å². The van der Waals surface area contributed by atoms with Crippen LogP contribution in [0.25, 0.3) is 0 Å². The third-order valence-electron chi connectivity index (χ3n) is 1.71. The predicted octanol–water partition coefficient (Wildman–Crippen LogP) is -0.164. The van der Waals surface area contributed by atoms with Crippen LogP contribution in [0.2, 0.25) is 0 Å². The molecular weight excluding hydrogens is 166 g/mol. The van der Waals surface area contributed by atoms with Gasteiger partial charge in [0.1, 0.15) is 0 Å². The van der Waals surface area contributed by atoms with Gasteiger partial charge in [-0.1, -0.05) is 0 Å². The van der Waals surface area contributed by atoms with Gasteiger partial charge in [-0.25, -0.2) is 0 Å². The number of amides is 1. The van der Waals surface area contributed by atoms with E-state index in [0.717, 1.165) is 0 Å². The third kappa shape index (κ3) is 5.60. The summed E-state index contributed by atoms with van der Waals surface area (Å²) in [5, 5.41) is 5.93. The highest BCUT2D eigenvalue weighted by Crippen LogP contribution is 1.88. The molecule has 0 fully saturated rings. The molecule has 0 radical (unpaired) electrons. The largest absolute Gasteiger partial charge is 0.353 e. The minimum atomic E-state index is -0.180. The highest BCUT2D eigenvalue weighted by molar-refractivity contribution is 5.81. The van der Waals surface area contributed by atoms with Crippen molar-refractivity contribution in [1.29, 1.82) is 0 Å². The number of nitrogens with two attached hydrogens (primary N) is 1. The Morgan fingerprint density at radius 1 is 1.31 bits per heavy atom. The van der Waals surface area contributed by atoms with Crippen molar-refractivity contribution in [3.63, 3.8) is 0 Å². The summed E-state index contributed by atoms with van der Waals surface area (Å²) >= 11 is 0. The number of nitrogens with one attached hydrogen (secondary N) is 2. The summed E-state index contributed by atoms with van der Waals surface area (Å²) in [6.07, 6.45) is 0. The van der Waals surface area contributed by atoms with Crippen LogP contribution in [0.1, 0.15) is 27.7 Å². The molecular formula is C9H21N3O. The van der Waals surface area contributed by atoms with Crippen LogP contribution in [0.3, 0.4) is 0 Å². The quantitative estimate of drug-likeness (QED) is 0.560. The van der Waals surface area contributed by atoms with Gasteiger partial charge < -0.3 is 16.4 Å². The highest BCUT2D eigenvalue weighted by Gasteiger charge is 2.14. The smallest absolute Gasteiger partial charge is 0.237 e. The molecule has 0 rings (SSSR count). The molecule has 0 bridgehead atoms. The van der Waals surface area contributed by atoms with E-state index in [4.69, 9.17) is 5.73 Å². The van der Waals surface area contributed by atoms with E-state index in [1.165, 1.54) is 0 Å². The Morgan fingerprint density at radius 3 is 2.23 bits per heavy atom. The lowest BCUT2D eigenvalue weighted by molar-refractivity contribution is -0.123. The zero-order valence-electron chi connectivity index (χ0n) is 8.92. The summed E-state index contributed by atoms with van der Waals surface area (Å²) in [6.45, 7) is 8.22. The van der Waals surface area contributed by atoms with Crippen LogP contribution in [0.5, 0.6) is 0 Å². The molecule has 2 atom stereocenters. The Balaban J connectivity index is 3.82. The fraction of sp³-hybridized carbons (Fsp3) is 0.889. The fourth-order valence-corrected chi connectivity index (χ4v) is 0.980. The predicted molar refractivity (Wildman–Crippen MR) is 54.4 cm³/mol. The first-order valence-electron chi connectivity index (χ1n) is 4.73. The normalized spacial score (nSPS) is 15.5. The minimum Gasteiger partial charge on any atom is -0.353 e. The van der Waals surface area contributed by atoms with E-state index in [1.807, 2.05) is 27.7 Å². The molecule has 4 nitrogen and oxygen atoms in total. The monoisotopic (exact) mass is 187 g/mol. The SMILES string of the molecule is CC(C)NC(=O)C(C)NC(C)CN. The van der Waals surface area contributed by atoms with Crippen LogP contribution in [-0.2, 0) is 4.79 Å². The van der Waals surface area contributed by atoms with Gasteiger partial charge in [-0.05, 0) is 27.7 Å². The molecule has 4 heteroatoms. The lowest BCUT2D eigenvalue weighted by Crippen LogP contribution is -2.49. The molecule has 2 unspecified atom stereocenters. The van der Waals surface area contributed by atoms with E-state index in [1.54, 1.807) is 0 Å². The molecule has 0 aliphatic heterocycles. The molecule has 0 saturated heterocycles. The van der Waals surface area contributed by atoms with Crippen LogP contribution in [0.15, 0.2) is 0 Å². The highest BCUT2D eigenvalue weighted by atomic mass is 16.2. The van der Waals surface area contributed by atoms with Gasteiger partial charge in [0.15, 0.2) is 0 Å². The van der Waals surface area contributed by atoms with Gasteiger partial charge in [-0.3, -0.25) is 4.79 Å². The van der Waals surface area contributed by atoms with E-state index < -0.39 is 0 Å². The second kappa shape index (κ2) is 5.94. The van der Waals surface area contributed by atoms with Crippen molar-refractivity contribution >= 4 is 5.91 Å². The van der Waals surface area contributed by atoms with Crippen molar-refractivity contribution in [2.45, 2.75) is 45.8 Å². The first kappa shape index (κ1) is 12.4. The summed E-state index contributed by atoms with van der Waals surface area (Å²) in [5.41, 5.74) is 5.43. The number of carbonyl (C=O) groups excluding carboxylic acids is 1. The van der Waals surface area contributed by atoms with Crippen LogP contribution in [0, 0.1) is 0 Å². The van der Waals surface area contributed by atoms with E-state index >= 15 is 0 Å². The molecule has 0 aromatic heterocycles. The van der Waals surface area contributed by atoms with Crippen molar-refractivity contribution in [2.75, 3.05) is 6.54 Å². The second-order valence-corrected chi connectivity index (χ2v) is 3.69. The molecule has 0 aromatic carbocycles. The number of rotatable bonds is 5. The Bertz CT molecular complexity index is 159. The molecule has 78 valence electrons. The zero-order chi connectivity index (χ0) is 10.4. The van der Waals surface area contributed by atoms with Crippen LogP contribution in [-0.4, -0.2) is 30.6 Å². The van der Waals surface area contributed by atoms with Gasteiger partial charge in [0.25, 0.3) is 0 Å². The molecule has 0 aliphatic carbocycles. The summed E-state index contributed by atoms with van der Waals surface area (Å²) < 4.78 is 0. The van der Waals surface area contributed by atoms with Gasteiger partial charge in [0.05, 0.1) is 6.04 Å². The molecule has 0 saturated carbocycles. The van der Waals surface area contributed by atoms with Gasteiger partial charge in [-0.2, -0.15) is 0 Å². The summed E-state index contributed by atoms with van der Waals surface area (Å²) in [5.74, 6) is 0.0234. The number of carbonyl (C=O) groups is 1. The maximum Gasteiger partial charge on any atom is 0.237 e. The maximum atomic E-state index is 11.4. The number of hydrogen-bond acceptors (Lipinski definition) is 3. The first-order valence-corrected chi connectivity index (χ1v) is 4.73. The molecule has 0 heterocycles. The standard InChI is InChI=1S/C9H21N3O/c1-6(2)11-9(13)8(4)12-7(3)5-10/h6-8,12H,5,10H2,1-4H3,(H,11,13). The van der Waals surface area contributed by atoms with E-state index in [0.29, 0.717) is 6.54 Å². The van der Waals surface area contributed by atoms with E-state index in [9.17, 15) is 4.79 Å². The van der Waals surface area contributed by atoms with Gasteiger partial charge in [0.2, 0.25) is 5.91 Å². The topological polar surface area (TPSA) is 67.2 Å². The van der Waals surface area contributed by atoms with Crippen molar-refractivity contribution in [3.8, 4) is 0 Å². The van der Waals surface area contributed by atoms with Gasteiger partial charge in [-0.15, -0.1) is 0 Å². The van der Waals surface area contributed by atoms with Crippen LogP contribution in [0.4, 0.5) is 0 Å². The van der Waals surface area contributed by atoms with Crippen molar-refractivity contribution in [2.24, 2.45) is 5.73 Å². The van der Waals surface area contributed by atoms with Crippen LogP contribution < -0.4 is 16.4 Å². The Labute approximate surface area is 80.3 Å². The van der Waals surface area contributed by atoms with Gasteiger partial charge >= 0.3 is 0 Å². The molecule has 1 amide bonds. The zero-order valence-corrected chi connectivity index (χ0v) is 8.92. The van der Waals surface area contributed by atoms with Crippen molar-refractivity contribution < 1.29 is 4.79 Å².